The first-order chi connectivity index (χ1) is 16.9. The van der Waals surface area contributed by atoms with Crippen molar-refractivity contribution < 1.29 is 33.0 Å². The third-order valence-electron chi connectivity index (χ3n) is 7.16. The fourth-order valence-electron chi connectivity index (χ4n) is 5.25. The van der Waals surface area contributed by atoms with Gasteiger partial charge < -0.3 is 14.3 Å². The number of halogens is 2. The summed E-state index contributed by atoms with van der Waals surface area (Å²) < 4.78 is 42.5. The Balaban J connectivity index is 1.96. The summed E-state index contributed by atoms with van der Waals surface area (Å²) in [4.78, 5) is 27.2. The average molecular weight is 510 g/mol. The molecular formula is C27H37F2NO6. The van der Waals surface area contributed by atoms with Crippen molar-refractivity contribution in [3.8, 4) is 11.5 Å². The van der Waals surface area contributed by atoms with Crippen LogP contribution in [-0.4, -0.2) is 23.3 Å². The van der Waals surface area contributed by atoms with Gasteiger partial charge in [0, 0.05) is 35.8 Å². The molecule has 36 heavy (non-hydrogen) atoms. The van der Waals surface area contributed by atoms with Gasteiger partial charge in [-0.3, -0.25) is 4.79 Å². The van der Waals surface area contributed by atoms with E-state index in [0.717, 1.165) is 32.1 Å². The normalized spacial score (nSPS) is 20.4. The number of rotatable bonds is 12. The van der Waals surface area contributed by atoms with E-state index in [9.17, 15) is 14.9 Å². The van der Waals surface area contributed by atoms with E-state index in [0.29, 0.717) is 17.7 Å². The van der Waals surface area contributed by atoms with Crippen LogP contribution in [0.15, 0.2) is 23.8 Å². The van der Waals surface area contributed by atoms with Crippen molar-refractivity contribution in [2.75, 3.05) is 6.61 Å². The second kappa shape index (κ2) is 11.6. The van der Waals surface area contributed by atoms with Crippen LogP contribution >= 0.6 is 0 Å². The van der Waals surface area contributed by atoms with Crippen molar-refractivity contribution in [3.63, 3.8) is 0 Å². The number of benzene rings is 1. The van der Waals surface area contributed by atoms with Gasteiger partial charge in [0.15, 0.2) is 0 Å². The molecule has 0 fully saturated rings. The predicted molar refractivity (Wildman–Crippen MR) is 131 cm³/mol. The monoisotopic (exact) mass is 509 g/mol. The highest BCUT2D eigenvalue weighted by molar-refractivity contribution is 5.74. The molecular weight excluding hydrogens is 472 g/mol. The topological polar surface area (TPSA) is 87.9 Å². The number of nitrogens with zero attached hydrogens (tertiary/aromatic N) is 1. The van der Waals surface area contributed by atoms with E-state index in [4.69, 9.17) is 9.47 Å². The van der Waals surface area contributed by atoms with Crippen molar-refractivity contribution in [1.29, 1.82) is 0 Å². The number of allylic oxidation sites excluding steroid dienone is 2. The largest absolute Gasteiger partial charge is 0.487 e. The van der Waals surface area contributed by atoms with E-state index in [1.807, 2.05) is 27.7 Å². The van der Waals surface area contributed by atoms with Crippen LogP contribution in [0.3, 0.4) is 0 Å². The van der Waals surface area contributed by atoms with E-state index >= 15 is 8.78 Å². The molecule has 1 aromatic carbocycles. The minimum atomic E-state index is -3.11. The Bertz CT molecular complexity index is 991. The van der Waals surface area contributed by atoms with Gasteiger partial charge in [-0.25, -0.2) is 8.78 Å². The molecule has 3 rings (SSSR count). The highest BCUT2D eigenvalue weighted by Crippen LogP contribution is 2.55. The third-order valence-corrected chi connectivity index (χ3v) is 7.16. The molecule has 0 aromatic heterocycles. The maximum absolute atomic E-state index is 15.3. The summed E-state index contributed by atoms with van der Waals surface area (Å²) in [6.07, 6.45) is 6.52. The lowest BCUT2D eigenvalue weighted by atomic mass is 9.68. The fourth-order valence-corrected chi connectivity index (χ4v) is 5.25. The quantitative estimate of drug-likeness (QED) is 0.0736. The first kappa shape index (κ1) is 27.9. The summed E-state index contributed by atoms with van der Waals surface area (Å²) in [5.41, 5.74) is 0.992. The summed E-state index contributed by atoms with van der Waals surface area (Å²) in [6, 6.07) is 2.69. The number of ether oxygens (including phenoxy) is 2. The maximum Gasteiger partial charge on any atom is 0.311 e. The van der Waals surface area contributed by atoms with E-state index in [1.165, 1.54) is 17.7 Å². The van der Waals surface area contributed by atoms with Gasteiger partial charge in [-0.2, -0.15) is 0 Å². The molecule has 0 bridgehead atoms. The number of esters is 1. The molecule has 2 aliphatic rings. The zero-order valence-electron chi connectivity index (χ0n) is 21.6. The highest BCUT2D eigenvalue weighted by atomic mass is 19.3. The van der Waals surface area contributed by atoms with Gasteiger partial charge in [-0.05, 0) is 58.6 Å². The smallest absolute Gasteiger partial charge is 0.311 e. The number of carbonyl (C=O) groups is 1. The molecule has 1 aliphatic carbocycles. The molecule has 9 heteroatoms. The maximum atomic E-state index is 15.3. The van der Waals surface area contributed by atoms with E-state index < -0.39 is 22.6 Å². The lowest BCUT2D eigenvalue weighted by molar-refractivity contribution is -0.757. The van der Waals surface area contributed by atoms with Crippen LogP contribution in [0.1, 0.15) is 103 Å². The number of hydrogen-bond donors (Lipinski definition) is 0. The van der Waals surface area contributed by atoms with Crippen molar-refractivity contribution in [3.05, 3.63) is 45.0 Å². The number of unbranched alkanes of at least 4 members (excludes halogenated alkanes) is 3. The zero-order valence-corrected chi connectivity index (χ0v) is 21.6. The zero-order chi connectivity index (χ0) is 26.5. The second-order valence-electron chi connectivity index (χ2n) is 10.4. The van der Waals surface area contributed by atoms with Crippen LogP contribution in [0.4, 0.5) is 8.78 Å². The summed E-state index contributed by atoms with van der Waals surface area (Å²) in [6.45, 7) is 7.76. The molecule has 0 saturated carbocycles. The van der Waals surface area contributed by atoms with Crippen LogP contribution in [0.2, 0.25) is 0 Å². The molecule has 0 radical (unpaired) electrons. The summed E-state index contributed by atoms with van der Waals surface area (Å²) in [5.74, 6) is -3.41. The Morgan fingerprint density at radius 2 is 2.00 bits per heavy atom. The summed E-state index contributed by atoms with van der Waals surface area (Å²) in [5, 5.41) is 9.40. The van der Waals surface area contributed by atoms with Gasteiger partial charge in [-0.1, -0.05) is 37.8 Å². The van der Waals surface area contributed by atoms with Crippen LogP contribution in [0, 0.1) is 16.0 Å². The van der Waals surface area contributed by atoms with Crippen molar-refractivity contribution in [2.45, 2.75) is 103 Å². The molecule has 1 aromatic rings. The predicted octanol–water partition coefficient (Wildman–Crippen LogP) is 7.25. The molecule has 0 unspecified atom stereocenters. The Morgan fingerprint density at radius 1 is 1.25 bits per heavy atom. The molecule has 0 saturated heterocycles. The second-order valence-corrected chi connectivity index (χ2v) is 10.4. The number of carbonyl (C=O) groups excluding carboxylic acids is 1. The van der Waals surface area contributed by atoms with E-state index in [1.54, 1.807) is 0 Å². The minimum absolute atomic E-state index is 0.0733. The standard InChI is InChI=1S/C27H37F2NO6/c1-5-6-7-8-13-27(28,29)19-16-22(35-24(31)10-9-14-34-30(32)33)25-20-15-18(2)11-12-21(20)26(3,4)36-23(25)17-19/h15-17,20-21H,5-14H2,1-4H3/t20-,21-/m1/s1. The van der Waals surface area contributed by atoms with E-state index in [2.05, 4.69) is 10.9 Å². The van der Waals surface area contributed by atoms with Gasteiger partial charge in [0.2, 0.25) is 0 Å². The third kappa shape index (κ3) is 6.73. The Kier molecular flexibility index (Phi) is 8.95. The first-order valence-electron chi connectivity index (χ1n) is 12.8. The lowest BCUT2D eigenvalue weighted by Crippen LogP contribution is -2.45. The summed E-state index contributed by atoms with van der Waals surface area (Å²) >= 11 is 0. The van der Waals surface area contributed by atoms with Crippen LogP contribution in [-0.2, 0) is 15.6 Å². The average Bonchev–Trinajstić information content (AvgIpc) is 2.78. The van der Waals surface area contributed by atoms with Gasteiger partial charge in [-0.15, -0.1) is 10.1 Å². The number of fused-ring (bicyclic) bond motifs is 3. The Hall–Kier alpha value is -2.71. The Morgan fingerprint density at radius 3 is 2.69 bits per heavy atom. The Labute approximate surface area is 211 Å². The molecule has 1 aliphatic heterocycles. The lowest BCUT2D eigenvalue weighted by Gasteiger charge is -2.46. The van der Waals surface area contributed by atoms with Gasteiger partial charge >= 0.3 is 5.97 Å². The van der Waals surface area contributed by atoms with E-state index in [-0.39, 0.29) is 49.0 Å². The molecule has 0 amide bonds. The molecule has 2 atom stereocenters. The van der Waals surface area contributed by atoms with Gasteiger partial charge in [0.25, 0.3) is 11.0 Å². The van der Waals surface area contributed by atoms with Crippen molar-refractivity contribution in [2.24, 2.45) is 5.92 Å². The van der Waals surface area contributed by atoms with Crippen molar-refractivity contribution in [1.82, 2.24) is 0 Å². The first-order valence-corrected chi connectivity index (χ1v) is 12.8. The molecule has 7 nitrogen and oxygen atoms in total. The SMILES string of the molecule is CCCCCCC(F)(F)c1cc(OC(=O)CCCO[N+](=O)[O-])c2c(c1)OC(C)(C)[C@@H]1CCC(C)=C[C@@H]21. The molecule has 200 valence electrons. The molecule has 0 spiro atoms. The van der Waals surface area contributed by atoms with Crippen molar-refractivity contribution >= 4 is 5.97 Å². The van der Waals surface area contributed by atoms with Crippen LogP contribution in [0.5, 0.6) is 11.5 Å². The highest BCUT2D eigenvalue weighted by Gasteiger charge is 2.46. The van der Waals surface area contributed by atoms with Crippen LogP contribution in [0.25, 0.3) is 0 Å². The van der Waals surface area contributed by atoms with Gasteiger partial charge in [0.05, 0.1) is 6.61 Å². The molecule has 0 N–H and O–H groups in total. The molecule has 1 heterocycles. The van der Waals surface area contributed by atoms with Gasteiger partial charge in [0.1, 0.15) is 17.1 Å². The number of alkyl halides is 2. The number of hydrogen-bond acceptors (Lipinski definition) is 6. The van der Waals surface area contributed by atoms with Crippen LogP contribution < -0.4 is 9.47 Å². The fraction of sp³-hybridized carbons (Fsp3) is 0.667. The summed E-state index contributed by atoms with van der Waals surface area (Å²) in [7, 11) is 0. The minimum Gasteiger partial charge on any atom is -0.487 e.